The monoisotopic (exact) mass is 486 g/mol. The van der Waals surface area contributed by atoms with Crippen molar-refractivity contribution in [2.75, 3.05) is 6.61 Å². The summed E-state index contributed by atoms with van der Waals surface area (Å²) in [6.45, 7) is 4.17. The van der Waals surface area contributed by atoms with Crippen molar-refractivity contribution >= 4 is 27.5 Å². The Balaban J connectivity index is 1.80. The second-order valence-corrected chi connectivity index (χ2v) is 9.70. The molecule has 0 heterocycles. The van der Waals surface area contributed by atoms with E-state index >= 15 is 0 Å². The van der Waals surface area contributed by atoms with Crippen molar-refractivity contribution in [3.8, 4) is 5.75 Å². The fourth-order valence-electron chi connectivity index (χ4n) is 3.32. The molecule has 0 saturated carbocycles. The normalized spacial score (nSPS) is 13.2. The summed E-state index contributed by atoms with van der Waals surface area (Å²) >= 11 is 5.95. The molecule has 33 heavy (non-hydrogen) atoms. The first-order chi connectivity index (χ1) is 15.8. The summed E-state index contributed by atoms with van der Waals surface area (Å²) in [5.74, 6) is 0.155. The van der Waals surface area contributed by atoms with Crippen molar-refractivity contribution in [1.82, 2.24) is 10.0 Å². The molecule has 3 rings (SSSR count). The highest BCUT2D eigenvalue weighted by Crippen LogP contribution is 2.19. The summed E-state index contributed by atoms with van der Waals surface area (Å²) in [5, 5.41) is 3.51. The maximum Gasteiger partial charge on any atom is 0.241 e. The molecule has 0 aromatic heterocycles. The van der Waals surface area contributed by atoms with E-state index in [4.69, 9.17) is 16.3 Å². The first-order valence-corrected chi connectivity index (χ1v) is 12.5. The average molecular weight is 487 g/mol. The van der Waals surface area contributed by atoms with Crippen LogP contribution in [0.25, 0.3) is 0 Å². The Morgan fingerprint density at radius 1 is 0.970 bits per heavy atom. The molecule has 0 radical (unpaired) electrons. The minimum atomic E-state index is -3.95. The van der Waals surface area contributed by atoms with Crippen molar-refractivity contribution in [1.29, 1.82) is 0 Å². The van der Waals surface area contributed by atoms with Gasteiger partial charge in [-0.1, -0.05) is 54.1 Å². The molecular weight excluding hydrogens is 460 g/mol. The van der Waals surface area contributed by atoms with Crippen LogP contribution in [0.2, 0.25) is 5.02 Å². The number of amides is 1. The molecule has 0 bridgehead atoms. The van der Waals surface area contributed by atoms with Gasteiger partial charge in [0.05, 0.1) is 17.5 Å². The van der Waals surface area contributed by atoms with Gasteiger partial charge in [-0.2, -0.15) is 4.72 Å². The third-order valence-corrected chi connectivity index (χ3v) is 6.81. The van der Waals surface area contributed by atoms with Gasteiger partial charge < -0.3 is 10.1 Å². The smallest absolute Gasteiger partial charge is 0.241 e. The van der Waals surface area contributed by atoms with E-state index < -0.39 is 22.0 Å². The molecule has 6 nitrogen and oxygen atoms in total. The number of rotatable bonds is 10. The lowest BCUT2D eigenvalue weighted by atomic mass is 10.0. The average Bonchev–Trinajstić information content (AvgIpc) is 2.80. The summed E-state index contributed by atoms with van der Waals surface area (Å²) in [7, 11) is -3.95. The first kappa shape index (κ1) is 24.8. The molecule has 0 saturated heterocycles. The SMILES string of the molecule is CCOc1ccc(S(=O)(=O)N[C@H](Cc2ccccc2)C(=O)N[C@@H](C)c2ccc(Cl)cc2)cc1. The lowest BCUT2D eigenvalue weighted by molar-refractivity contribution is -0.123. The largest absolute Gasteiger partial charge is 0.494 e. The van der Waals surface area contributed by atoms with Crippen molar-refractivity contribution in [3.63, 3.8) is 0 Å². The number of nitrogens with one attached hydrogen (secondary N) is 2. The summed E-state index contributed by atoms with van der Waals surface area (Å²) < 4.78 is 34.1. The molecule has 0 aliphatic carbocycles. The number of carbonyl (C=O) groups is 1. The Labute approximate surface area is 200 Å². The van der Waals surface area contributed by atoms with Gasteiger partial charge >= 0.3 is 0 Å². The predicted octanol–water partition coefficient (Wildman–Crippen LogP) is 4.51. The van der Waals surface area contributed by atoms with Gasteiger partial charge in [0.25, 0.3) is 0 Å². The van der Waals surface area contributed by atoms with Gasteiger partial charge in [0.15, 0.2) is 0 Å². The molecule has 0 fully saturated rings. The maximum absolute atomic E-state index is 13.2. The highest BCUT2D eigenvalue weighted by atomic mass is 35.5. The number of hydrogen-bond donors (Lipinski definition) is 2. The van der Waals surface area contributed by atoms with Crippen LogP contribution in [0.5, 0.6) is 5.75 Å². The van der Waals surface area contributed by atoms with Crippen LogP contribution >= 0.6 is 11.6 Å². The van der Waals surface area contributed by atoms with Gasteiger partial charge in [0, 0.05) is 5.02 Å². The predicted molar refractivity (Wildman–Crippen MR) is 130 cm³/mol. The molecule has 0 spiro atoms. The first-order valence-electron chi connectivity index (χ1n) is 10.6. The molecule has 1 amide bonds. The van der Waals surface area contributed by atoms with Crippen LogP contribution < -0.4 is 14.8 Å². The standard InChI is InChI=1S/C25H27ClN2O4S/c1-3-32-22-13-15-23(16-14-22)33(30,31)28-24(17-19-7-5-4-6-8-19)25(29)27-18(2)20-9-11-21(26)12-10-20/h4-16,18,24,28H,3,17H2,1-2H3,(H,27,29)/t18-,24+/m0/s1. The second kappa shape index (κ2) is 11.3. The van der Waals surface area contributed by atoms with Gasteiger partial charge in [-0.25, -0.2) is 8.42 Å². The van der Waals surface area contributed by atoms with Gasteiger partial charge in [-0.15, -0.1) is 0 Å². The van der Waals surface area contributed by atoms with Crippen LogP contribution in [0.15, 0.2) is 83.8 Å². The third-order valence-electron chi connectivity index (χ3n) is 5.07. The fourth-order valence-corrected chi connectivity index (χ4v) is 4.64. The van der Waals surface area contributed by atoms with E-state index in [9.17, 15) is 13.2 Å². The number of hydrogen-bond acceptors (Lipinski definition) is 4. The zero-order chi connectivity index (χ0) is 23.8. The van der Waals surface area contributed by atoms with Crippen LogP contribution in [0.4, 0.5) is 0 Å². The third kappa shape index (κ3) is 7.05. The molecule has 0 aliphatic rings. The highest BCUT2D eigenvalue weighted by molar-refractivity contribution is 7.89. The second-order valence-electron chi connectivity index (χ2n) is 7.55. The molecule has 3 aromatic rings. The molecule has 2 atom stereocenters. The van der Waals surface area contributed by atoms with E-state index in [1.165, 1.54) is 12.1 Å². The van der Waals surface area contributed by atoms with Crippen molar-refractivity contribution in [3.05, 3.63) is 95.0 Å². The van der Waals surface area contributed by atoms with E-state index in [2.05, 4.69) is 10.0 Å². The molecule has 8 heteroatoms. The van der Waals surface area contributed by atoms with Crippen molar-refractivity contribution < 1.29 is 17.9 Å². The highest BCUT2D eigenvalue weighted by Gasteiger charge is 2.27. The number of sulfonamides is 1. The summed E-state index contributed by atoms with van der Waals surface area (Å²) in [5.41, 5.74) is 1.70. The Bertz CT molecular complexity index is 1150. The number of carbonyl (C=O) groups excluding carboxylic acids is 1. The van der Waals surface area contributed by atoms with Gasteiger partial charge in [-0.3, -0.25) is 4.79 Å². The lowest BCUT2D eigenvalue weighted by Crippen LogP contribution is -2.48. The van der Waals surface area contributed by atoms with Crippen LogP contribution in [0.1, 0.15) is 31.0 Å². The topological polar surface area (TPSA) is 84.5 Å². The Kier molecular flexibility index (Phi) is 8.49. The zero-order valence-electron chi connectivity index (χ0n) is 18.5. The number of ether oxygens (including phenoxy) is 1. The summed E-state index contributed by atoms with van der Waals surface area (Å²) in [4.78, 5) is 13.2. The van der Waals surface area contributed by atoms with E-state index in [1.807, 2.05) is 56.3 Å². The van der Waals surface area contributed by atoms with E-state index in [1.54, 1.807) is 24.3 Å². The van der Waals surface area contributed by atoms with Gasteiger partial charge in [0.2, 0.25) is 15.9 Å². The van der Waals surface area contributed by atoms with E-state index in [0.717, 1.165) is 11.1 Å². The fraction of sp³-hybridized carbons (Fsp3) is 0.240. The number of benzene rings is 3. The summed E-state index contributed by atoms with van der Waals surface area (Å²) in [6, 6.07) is 21.2. The molecule has 0 unspecified atom stereocenters. The zero-order valence-corrected chi connectivity index (χ0v) is 20.1. The van der Waals surface area contributed by atoms with Crippen LogP contribution in [0.3, 0.4) is 0 Å². The molecule has 174 valence electrons. The molecule has 2 N–H and O–H groups in total. The van der Waals surface area contributed by atoms with Crippen molar-refractivity contribution in [2.45, 2.75) is 37.2 Å². The van der Waals surface area contributed by atoms with Crippen LogP contribution in [-0.2, 0) is 21.2 Å². The summed E-state index contributed by atoms with van der Waals surface area (Å²) in [6.07, 6.45) is 0.205. The van der Waals surface area contributed by atoms with Crippen molar-refractivity contribution in [2.24, 2.45) is 0 Å². The Hall–Kier alpha value is -2.87. The van der Waals surface area contributed by atoms with Gasteiger partial charge in [0.1, 0.15) is 11.8 Å². The quantitative estimate of drug-likeness (QED) is 0.441. The van der Waals surface area contributed by atoms with E-state index in [-0.39, 0.29) is 17.4 Å². The minimum Gasteiger partial charge on any atom is -0.494 e. The Morgan fingerprint density at radius 2 is 1.61 bits per heavy atom. The maximum atomic E-state index is 13.2. The minimum absolute atomic E-state index is 0.0579. The molecule has 0 aliphatic heterocycles. The van der Waals surface area contributed by atoms with E-state index in [0.29, 0.717) is 17.4 Å². The number of halogens is 1. The van der Waals surface area contributed by atoms with Gasteiger partial charge in [-0.05, 0) is 67.8 Å². The lowest BCUT2D eigenvalue weighted by Gasteiger charge is -2.22. The molecular formula is C25H27ClN2O4S. The van der Waals surface area contributed by atoms with Crippen LogP contribution in [0, 0.1) is 0 Å². The molecule has 3 aromatic carbocycles. The Morgan fingerprint density at radius 3 is 2.21 bits per heavy atom. The van der Waals surface area contributed by atoms with Crippen LogP contribution in [-0.4, -0.2) is 27.0 Å².